The average Bonchev–Trinajstić information content (AvgIpc) is 3.19. The monoisotopic (exact) mass is 352 g/mol. The Morgan fingerprint density at radius 1 is 1.12 bits per heavy atom. The number of para-hydroxylation sites is 1. The van der Waals surface area contributed by atoms with Crippen molar-refractivity contribution in [2.24, 2.45) is 11.7 Å². The van der Waals surface area contributed by atoms with Gasteiger partial charge in [0.25, 0.3) is 0 Å². The van der Waals surface area contributed by atoms with Crippen molar-refractivity contribution in [3.63, 3.8) is 0 Å². The number of carbonyl (C=O) groups is 1. The average molecular weight is 352 g/mol. The van der Waals surface area contributed by atoms with Gasteiger partial charge in [0.15, 0.2) is 0 Å². The van der Waals surface area contributed by atoms with Gasteiger partial charge in [0.2, 0.25) is 5.91 Å². The zero-order valence-corrected chi connectivity index (χ0v) is 15.4. The van der Waals surface area contributed by atoms with E-state index in [0.717, 1.165) is 29.7 Å². The van der Waals surface area contributed by atoms with Crippen molar-refractivity contribution in [1.29, 1.82) is 0 Å². The van der Waals surface area contributed by atoms with Gasteiger partial charge >= 0.3 is 0 Å². The summed E-state index contributed by atoms with van der Waals surface area (Å²) < 4.78 is 6.14. The normalized spacial score (nSPS) is 16.8. The fraction of sp³-hybridized carbons (Fsp3) is 0.409. The van der Waals surface area contributed by atoms with Crippen molar-refractivity contribution in [1.82, 2.24) is 5.32 Å². The van der Waals surface area contributed by atoms with Crippen molar-refractivity contribution in [3.05, 3.63) is 65.7 Å². The van der Waals surface area contributed by atoms with E-state index in [1.807, 2.05) is 61.5 Å². The largest absolute Gasteiger partial charge is 0.490 e. The Morgan fingerprint density at radius 2 is 1.77 bits per heavy atom. The van der Waals surface area contributed by atoms with Crippen LogP contribution in [-0.4, -0.2) is 12.0 Å². The molecular formula is C22H28N2O2. The summed E-state index contributed by atoms with van der Waals surface area (Å²) in [6.45, 7) is 2.32. The fourth-order valence-electron chi connectivity index (χ4n) is 3.42. The van der Waals surface area contributed by atoms with Crippen LogP contribution in [0.5, 0.6) is 5.75 Å². The Labute approximate surface area is 155 Å². The Kier molecular flexibility index (Phi) is 6.29. The summed E-state index contributed by atoms with van der Waals surface area (Å²) in [4.78, 5) is 12.6. The molecule has 0 spiro atoms. The number of rotatable bonds is 7. The van der Waals surface area contributed by atoms with Crippen molar-refractivity contribution in [3.8, 4) is 5.75 Å². The van der Waals surface area contributed by atoms with Crippen molar-refractivity contribution >= 4 is 5.91 Å². The number of hydrogen-bond donors (Lipinski definition) is 2. The second-order valence-corrected chi connectivity index (χ2v) is 7.07. The highest BCUT2D eigenvalue weighted by Crippen LogP contribution is 2.27. The summed E-state index contributed by atoms with van der Waals surface area (Å²) in [5, 5.41) is 3.02. The Balaban J connectivity index is 1.59. The molecule has 2 aromatic carbocycles. The molecule has 0 bridgehead atoms. The quantitative estimate of drug-likeness (QED) is 0.793. The number of ether oxygens (including phenoxy) is 1. The van der Waals surface area contributed by atoms with E-state index >= 15 is 0 Å². The lowest BCUT2D eigenvalue weighted by Crippen LogP contribution is -2.35. The third-order valence-electron chi connectivity index (χ3n) is 5.16. The Morgan fingerprint density at radius 3 is 2.50 bits per heavy atom. The first kappa shape index (κ1) is 18.5. The Bertz CT molecular complexity index is 711. The molecule has 1 fully saturated rings. The molecule has 0 aromatic heterocycles. The van der Waals surface area contributed by atoms with Gasteiger partial charge in [-0.25, -0.2) is 0 Å². The molecule has 4 heteroatoms. The van der Waals surface area contributed by atoms with Crippen LogP contribution < -0.4 is 15.8 Å². The summed E-state index contributed by atoms with van der Waals surface area (Å²) >= 11 is 0. The van der Waals surface area contributed by atoms with Crippen molar-refractivity contribution in [2.75, 3.05) is 0 Å². The molecule has 0 aliphatic heterocycles. The molecule has 4 nitrogen and oxygen atoms in total. The first-order valence-electron chi connectivity index (χ1n) is 9.48. The number of nitrogens with two attached hydrogens (primary N) is 1. The number of amides is 1. The van der Waals surface area contributed by atoms with Gasteiger partial charge in [-0.1, -0.05) is 55.5 Å². The molecule has 2 unspecified atom stereocenters. The zero-order chi connectivity index (χ0) is 18.4. The third kappa shape index (κ3) is 4.64. The zero-order valence-electron chi connectivity index (χ0n) is 15.4. The smallest absolute Gasteiger partial charge is 0.225 e. The van der Waals surface area contributed by atoms with Crippen LogP contribution in [0.15, 0.2) is 54.6 Å². The second-order valence-electron chi connectivity index (χ2n) is 7.07. The molecule has 2 aromatic rings. The third-order valence-corrected chi connectivity index (χ3v) is 5.16. The standard InChI is InChI=1S/C22H28N2O2/c1-16(21(23)17-9-3-2-4-10-17)22(25)24-15-18-11-5-8-14-20(18)26-19-12-6-7-13-19/h2-5,8-11,14,16,19,21H,6-7,12-13,15,23H2,1H3,(H,24,25). The van der Waals surface area contributed by atoms with E-state index in [2.05, 4.69) is 5.32 Å². The minimum Gasteiger partial charge on any atom is -0.490 e. The number of hydrogen-bond acceptors (Lipinski definition) is 3. The molecule has 0 radical (unpaired) electrons. The van der Waals surface area contributed by atoms with Gasteiger partial charge in [-0.15, -0.1) is 0 Å². The van der Waals surface area contributed by atoms with Crippen molar-refractivity contribution in [2.45, 2.75) is 51.3 Å². The van der Waals surface area contributed by atoms with Gasteiger partial charge in [-0.05, 0) is 37.3 Å². The predicted octanol–water partition coefficient (Wildman–Crippen LogP) is 3.96. The van der Waals surface area contributed by atoms with Gasteiger partial charge in [0, 0.05) is 18.2 Å². The highest BCUT2D eigenvalue weighted by Gasteiger charge is 2.22. The molecule has 26 heavy (non-hydrogen) atoms. The van der Waals surface area contributed by atoms with Crippen LogP contribution in [0, 0.1) is 5.92 Å². The molecule has 2 atom stereocenters. The van der Waals surface area contributed by atoms with E-state index in [1.54, 1.807) is 0 Å². The molecule has 138 valence electrons. The maximum Gasteiger partial charge on any atom is 0.225 e. The summed E-state index contributed by atoms with van der Waals surface area (Å²) in [6.07, 6.45) is 5.00. The maximum absolute atomic E-state index is 12.6. The first-order valence-corrected chi connectivity index (χ1v) is 9.48. The van der Waals surface area contributed by atoms with Crippen LogP contribution in [0.1, 0.15) is 49.8 Å². The van der Waals surface area contributed by atoms with Crippen LogP contribution in [0.2, 0.25) is 0 Å². The lowest BCUT2D eigenvalue weighted by Gasteiger charge is -2.21. The van der Waals surface area contributed by atoms with Crippen LogP contribution in [-0.2, 0) is 11.3 Å². The highest BCUT2D eigenvalue weighted by atomic mass is 16.5. The van der Waals surface area contributed by atoms with E-state index in [0.29, 0.717) is 12.6 Å². The van der Waals surface area contributed by atoms with Gasteiger partial charge in [-0.2, -0.15) is 0 Å². The summed E-state index contributed by atoms with van der Waals surface area (Å²) in [7, 11) is 0. The van der Waals surface area contributed by atoms with E-state index in [1.165, 1.54) is 12.8 Å². The minimum absolute atomic E-state index is 0.0444. The number of nitrogens with one attached hydrogen (secondary N) is 1. The molecule has 3 rings (SSSR count). The van der Waals surface area contributed by atoms with Gasteiger partial charge < -0.3 is 15.8 Å². The lowest BCUT2D eigenvalue weighted by atomic mass is 9.94. The van der Waals surface area contributed by atoms with Crippen molar-refractivity contribution < 1.29 is 9.53 Å². The van der Waals surface area contributed by atoms with E-state index in [9.17, 15) is 4.79 Å². The molecule has 0 saturated heterocycles. The van der Waals surface area contributed by atoms with Crippen LogP contribution >= 0.6 is 0 Å². The molecule has 1 aliphatic carbocycles. The molecule has 0 heterocycles. The molecular weight excluding hydrogens is 324 g/mol. The molecule has 1 amide bonds. The van der Waals surface area contributed by atoms with Crippen LogP contribution in [0.25, 0.3) is 0 Å². The SMILES string of the molecule is CC(C(=O)NCc1ccccc1OC1CCCC1)C(N)c1ccccc1. The summed E-state index contributed by atoms with van der Waals surface area (Å²) in [5.74, 6) is 0.525. The molecule has 1 aliphatic rings. The van der Waals surface area contributed by atoms with Crippen LogP contribution in [0.3, 0.4) is 0 Å². The number of benzene rings is 2. The maximum atomic E-state index is 12.6. The minimum atomic E-state index is -0.318. The number of carbonyl (C=O) groups excluding carboxylic acids is 1. The fourth-order valence-corrected chi connectivity index (χ4v) is 3.42. The molecule has 1 saturated carbocycles. The van der Waals surface area contributed by atoms with Crippen LogP contribution in [0.4, 0.5) is 0 Å². The topological polar surface area (TPSA) is 64.3 Å². The van der Waals surface area contributed by atoms with Gasteiger partial charge in [0.05, 0.1) is 12.0 Å². The lowest BCUT2D eigenvalue weighted by molar-refractivity contribution is -0.125. The highest BCUT2D eigenvalue weighted by molar-refractivity contribution is 5.79. The van der Waals surface area contributed by atoms with E-state index in [-0.39, 0.29) is 17.9 Å². The first-order chi connectivity index (χ1) is 12.6. The predicted molar refractivity (Wildman–Crippen MR) is 104 cm³/mol. The molecule has 3 N–H and O–H groups in total. The van der Waals surface area contributed by atoms with Gasteiger partial charge in [-0.3, -0.25) is 4.79 Å². The summed E-state index contributed by atoms with van der Waals surface area (Å²) in [6, 6.07) is 17.4. The van der Waals surface area contributed by atoms with E-state index in [4.69, 9.17) is 10.5 Å². The van der Waals surface area contributed by atoms with Gasteiger partial charge in [0.1, 0.15) is 5.75 Å². The summed E-state index contributed by atoms with van der Waals surface area (Å²) in [5.41, 5.74) is 8.24. The van der Waals surface area contributed by atoms with E-state index < -0.39 is 0 Å². The second kappa shape index (κ2) is 8.86. The Hall–Kier alpha value is -2.33.